The zero-order valence-corrected chi connectivity index (χ0v) is 7.47. The third kappa shape index (κ3) is 4.61. The lowest BCUT2D eigenvalue weighted by Crippen LogP contribution is -1.76. The highest BCUT2D eigenvalue weighted by atomic mass is 19.1. The molecule has 0 saturated heterocycles. The number of hydrogen-bond donors (Lipinski definition) is 1. The maximum Gasteiger partial charge on any atom is 0.126 e. The zero-order chi connectivity index (χ0) is 9.40. The fourth-order valence-corrected chi connectivity index (χ4v) is 0.625. The van der Waals surface area contributed by atoms with E-state index in [0.717, 1.165) is 12.6 Å². The molecule has 0 radical (unpaired) electrons. The summed E-state index contributed by atoms with van der Waals surface area (Å²) in [5, 5.41) is 6.73. The van der Waals surface area contributed by atoms with Gasteiger partial charge in [0.1, 0.15) is 5.83 Å². The molecule has 0 fully saturated rings. The molecule has 0 aliphatic rings. The lowest BCUT2D eigenvalue weighted by molar-refractivity contribution is 0.652. The van der Waals surface area contributed by atoms with Gasteiger partial charge >= 0.3 is 0 Å². The molecule has 0 atom stereocenters. The summed E-state index contributed by atoms with van der Waals surface area (Å²) in [7, 11) is 0. The second kappa shape index (κ2) is 6.53. The van der Waals surface area contributed by atoms with E-state index in [1.165, 1.54) is 12.2 Å². The van der Waals surface area contributed by atoms with E-state index < -0.39 is 0 Å². The van der Waals surface area contributed by atoms with Gasteiger partial charge in [-0.15, -0.1) is 0 Å². The monoisotopic (exact) mass is 167 g/mol. The lowest BCUT2D eigenvalue weighted by Gasteiger charge is -1.91. The molecule has 0 aliphatic carbocycles. The van der Waals surface area contributed by atoms with Crippen LogP contribution in [0.25, 0.3) is 0 Å². The van der Waals surface area contributed by atoms with E-state index in [2.05, 4.69) is 0 Å². The molecular weight excluding hydrogens is 153 g/mol. The third-order valence-corrected chi connectivity index (χ3v) is 1.32. The van der Waals surface area contributed by atoms with Crippen LogP contribution in [0.1, 0.15) is 20.3 Å². The molecule has 1 nitrogen and oxygen atoms in total. The topological polar surface area (TPSA) is 23.9 Å². The van der Waals surface area contributed by atoms with Crippen molar-refractivity contribution < 1.29 is 4.39 Å². The van der Waals surface area contributed by atoms with Gasteiger partial charge in [0.25, 0.3) is 0 Å². The Labute approximate surface area is 72.8 Å². The number of hydrogen-bond acceptors (Lipinski definition) is 1. The molecule has 0 aromatic heterocycles. The van der Waals surface area contributed by atoms with Gasteiger partial charge in [0, 0.05) is 6.21 Å². The van der Waals surface area contributed by atoms with Gasteiger partial charge in [0.15, 0.2) is 0 Å². The second-order valence-electron chi connectivity index (χ2n) is 2.37. The first-order valence-electron chi connectivity index (χ1n) is 3.92. The molecule has 66 valence electrons. The Bertz CT molecular complexity index is 224. The van der Waals surface area contributed by atoms with Crippen molar-refractivity contribution in [2.24, 2.45) is 0 Å². The summed E-state index contributed by atoms with van der Waals surface area (Å²) < 4.78 is 12.9. The first kappa shape index (κ1) is 10.8. The molecule has 1 N–H and O–H groups in total. The number of nitrogens with one attached hydrogen (secondary N) is 1. The van der Waals surface area contributed by atoms with Gasteiger partial charge in [0.2, 0.25) is 0 Å². The van der Waals surface area contributed by atoms with Crippen LogP contribution in [0.3, 0.4) is 0 Å². The molecule has 0 spiro atoms. The Balaban J connectivity index is 4.26. The largest absolute Gasteiger partial charge is 0.309 e. The van der Waals surface area contributed by atoms with Gasteiger partial charge in [0.05, 0.1) is 0 Å². The minimum Gasteiger partial charge on any atom is -0.309 e. The molecule has 0 saturated carbocycles. The minimum absolute atomic E-state index is 0.289. The number of halogens is 1. The van der Waals surface area contributed by atoms with Crippen molar-refractivity contribution in [1.29, 1.82) is 5.41 Å². The van der Waals surface area contributed by atoms with Crippen molar-refractivity contribution in [2.75, 3.05) is 0 Å². The first-order chi connectivity index (χ1) is 5.72. The van der Waals surface area contributed by atoms with Crippen molar-refractivity contribution in [3.8, 4) is 0 Å². The molecule has 0 rings (SSSR count). The summed E-state index contributed by atoms with van der Waals surface area (Å²) in [6.45, 7) is 3.62. The molecule has 2 heteroatoms. The standard InChI is InChI=1S/C10H14FN/c1-3-4-5-6-10(11)9(2)7-8-12/h4-8,12H,3H2,1-2H3/b5-4-,9-7+,10-6+,12-8?. The minimum atomic E-state index is -0.289. The summed E-state index contributed by atoms with van der Waals surface area (Å²) in [5.41, 5.74) is 0.478. The van der Waals surface area contributed by atoms with Gasteiger partial charge in [-0.25, -0.2) is 4.39 Å². The summed E-state index contributed by atoms with van der Waals surface area (Å²) in [6.07, 6.45) is 8.35. The highest BCUT2D eigenvalue weighted by Gasteiger charge is 1.93. The van der Waals surface area contributed by atoms with Crippen molar-refractivity contribution in [1.82, 2.24) is 0 Å². The van der Waals surface area contributed by atoms with Crippen LogP contribution in [-0.2, 0) is 0 Å². The highest BCUT2D eigenvalue weighted by molar-refractivity contribution is 5.70. The molecule has 0 aromatic carbocycles. The Morgan fingerprint density at radius 1 is 1.42 bits per heavy atom. The third-order valence-electron chi connectivity index (χ3n) is 1.32. The predicted octanol–water partition coefficient (Wildman–Crippen LogP) is 3.40. The van der Waals surface area contributed by atoms with Gasteiger partial charge < -0.3 is 5.41 Å². The summed E-state index contributed by atoms with van der Waals surface area (Å²) in [6, 6.07) is 0. The van der Waals surface area contributed by atoms with Crippen molar-refractivity contribution >= 4 is 6.21 Å². The van der Waals surface area contributed by atoms with E-state index in [0.29, 0.717) is 5.57 Å². The Hall–Kier alpha value is -1.18. The lowest BCUT2D eigenvalue weighted by atomic mass is 10.2. The molecule has 0 bridgehead atoms. The summed E-state index contributed by atoms with van der Waals surface area (Å²) in [4.78, 5) is 0. The van der Waals surface area contributed by atoms with E-state index in [9.17, 15) is 4.39 Å². The van der Waals surface area contributed by atoms with Gasteiger partial charge in [-0.1, -0.05) is 19.1 Å². The van der Waals surface area contributed by atoms with Crippen LogP contribution in [0.5, 0.6) is 0 Å². The van der Waals surface area contributed by atoms with E-state index in [1.54, 1.807) is 13.0 Å². The number of allylic oxidation sites excluding steroid dienone is 6. The average molecular weight is 167 g/mol. The second-order valence-corrected chi connectivity index (χ2v) is 2.37. The van der Waals surface area contributed by atoms with Gasteiger partial charge in [-0.2, -0.15) is 0 Å². The van der Waals surface area contributed by atoms with Crippen LogP contribution in [0.2, 0.25) is 0 Å². The Morgan fingerprint density at radius 2 is 2.08 bits per heavy atom. The Kier molecular flexibility index (Phi) is 5.88. The normalized spacial score (nSPS) is 13.9. The molecule has 0 heterocycles. The number of rotatable bonds is 4. The highest BCUT2D eigenvalue weighted by Crippen LogP contribution is 2.09. The van der Waals surface area contributed by atoms with Crippen LogP contribution in [0.15, 0.2) is 35.7 Å². The molecule has 0 aliphatic heterocycles. The fraction of sp³-hybridized carbons (Fsp3) is 0.300. The Morgan fingerprint density at radius 3 is 2.58 bits per heavy atom. The van der Waals surface area contributed by atoms with E-state index in [1.807, 2.05) is 13.0 Å². The first-order valence-corrected chi connectivity index (χ1v) is 3.92. The molecule has 0 aromatic rings. The molecular formula is C10H14FN. The van der Waals surface area contributed by atoms with Gasteiger partial charge in [-0.3, -0.25) is 0 Å². The van der Waals surface area contributed by atoms with E-state index in [-0.39, 0.29) is 5.83 Å². The van der Waals surface area contributed by atoms with Crippen LogP contribution in [-0.4, -0.2) is 6.21 Å². The molecule has 12 heavy (non-hydrogen) atoms. The quantitative estimate of drug-likeness (QED) is 0.490. The van der Waals surface area contributed by atoms with Crippen LogP contribution >= 0.6 is 0 Å². The zero-order valence-electron chi connectivity index (χ0n) is 7.47. The maximum absolute atomic E-state index is 12.9. The summed E-state index contributed by atoms with van der Waals surface area (Å²) in [5.74, 6) is -0.289. The van der Waals surface area contributed by atoms with Crippen molar-refractivity contribution in [3.05, 3.63) is 35.7 Å². The van der Waals surface area contributed by atoms with Crippen LogP contribution < -0.4 is 0 Å². The van der Waals surface area contributed by atoms with Crippen molar-refractivity contribution in [2.45, 2.75) is 20.3 Å². The van der Waals surface area contributed by atoms with Crippen LogP contribution in [0.4, 0.5) is 4.39 Å². The van der Waals surface area contributed by atoms with Crippen molar-refractivity contribution in [3.63, 3.8) is 0 Å². The molecule has 0 unspecified atom stereocenters. The smallest absolute Gasteiger partial charge is 0.126 e. The van der Waals surface area contributed by atoms with E-state index in [4.69, 9.17) is 5.41 Å². The van der Waals surface area contributed by atoms with Crippen LogP contribution in [0, 0.1) is 5.41 Å². The maximum atomic E-state index is 12.9. The van der Waals surface area contributed by atoms with Gasteiger partial charge in [-0.05, 0) is 31.1 Å². The SMILES string of the molecule is CC\C=C/C=C(F)\C(C)=C\C=N. The molecule has 0 amide bonds. The predicted molar refractivity (Wildman–Crippen MR) is 51.2 cm³/mol. The van der Waals surface area contributed by atoms with E-state index >= 15 is 0 Å². The fourth-order valence-electron chi connectivity index (χ4n) is 0.625. The average Bonchev–Trinajstić information content (AvgIpc) is 2.05. The summed E-state index contributed by atoms with van der Waals surface area (Å²) >= 11 is 0.